The molecule has 0 amide bonds. The number of rotatable bonds is 6. The molecule has 0 bridgehead atoms. The first-order valence-corrected chi connectivity index (χ1v) is 6.22. The van der Waals surface area contributed by atoms with Gasteiger partial charge in [-0.2, -0.15) is 0 Å². The first-order valence-electron chi connectivity index (χ1n) is 6.22. The van der Waals surface area contributed by atoms with Crippen molar-refractivity contribution in [2.24, 2.45) is 0 Å². The van der Waals surface area contributed by atoms with E-state index in [0.29, 0.717) is 12.1 Å². The maximum absolute atomic E-state index is 5.34. The molecule has 0 aromatic carbocycles. The molecule has 16 heavy (non-hydrogen) atoms. The molecule has 1 aliphatic rings. The first kappa shape index (κ1) is 13.9. The number of methoxy groups -OCH3 is 1. The molecule has 96 valence electrons. The second-order valence-corrected chi connectivity index (χ2v) is 4.71. The third-order valence-corrected chi connectivity index (χ3v) is 3.26. The summed E-state index contributed by atoms with van der Waals surface area (Å²) in [6.45, 7) is 11.4. The van der Waals surface area contributed by atoms with E-state index in [2.05, 4.69) is 31.0 Å². The predicted molar refractivity (Wildman–Crippen MR) is 65.8 cm³/mol. The zero-order chi connectivity index (χ0) is 12.0. The minimum Gasteiger partial charge on any atom is -0.380 e. The summed E-state index contributed by atoms with van der Waals surface area (Å²) in [6.07, 6.45) is 0.257. The molecular formula is C12H26N2O2. The zero-order valence-corrected chi connectivity index (χ0v) is 11.0. The number of ether oxygens (including phenoxy) is 2. The van der Waals surface area contributed by atoms with Crippen LogP contribution in [-0.2, 0) is 9.47 Å². The number of nitrogens with one attached hydrogen (secondary N) is 1. The van der Waals surface area contributed by atoms with Crippen LogP contribution in [-0.4, -0.2) is 63.0 Å². The highest BCUT2D eigenvalue weighted by atomic mass is 16.5. The van der Waals surface area contributed by atoms with E-state index < -0.39 is 0 Å². The van der Waals surface area contributed by atoms with E-state index >= 15 is 0 Å². The monoisotopic (exact) mass is 230 g/mol. The van der Waals surface area contributed by atoms with Gasteiger partial charge in [-0.3, -0.25) is 4.90 Å². The van der Waals surface area contributed by atoms with Crippen LogP contribution in [0.5, 0.6) is 0 Å². The van der Waals surface area contributed by atoms with E-state index in [1.54, 1.807) is 7.11 Å². The van der Waals surface area contributed by atoms with Crippen molar-refractivity contribution in [2.45, 2.75) is 39.0 Å². The van der Waals surface area contributed by atoms with Crippen LogP contribution >= 0.6 is 0 Å². The van der Waals surface area contributed by atoms with Gasteiger partial charge in [0.05, 0.1) is 19.3 Å². The molecule has 0 aromatic rings. The molecule has 3 atom stereocenters. The molecule has 1 aliphatic heterocycles. The Labute approximate surface area is 99.3 Å². The second-order valence-electron chi connectivity index (χ2n) is 4.71. The van der Waals surface area contributed by atoms with Gasteiger partial charge in [-0.25, -0.2) is 0 Å². The Bertz CT molecular complexity index is 180. The summed E-state index contributed by atoms with van der Waals surface area (Å²) in [6, 6.07) is 0.881. The minimum absolute atomic E-state index is 0.257. The Hall–Kier alpha value is -0.160. The van der Waals surface area contributed by atoms with E-state index in [-0.39, 0.29) is 6.10 Å². The molecule has 1 rings (SSSR count). The normalized spacial score (nSPS) is 24.0. The van der Waals surface area contributed by atoms with E-state index in [1.807, 2.05) is 0 Å². The maximum Gasteiger partial charge on any atom is 0.0693 e. The zero-order valence-electron chi connectivity index (χ0n) is 11.0. The van der Waals surface area contributed by atoms with Crippen LogP contribution in [0.1, 0.15) is 20.8 Å². The van der Waals surface area contributed by atoms with Crippen molar-refractivity contribution in [3.8, 4) is 0 Å². The van der Waals surface area contributed by atoms with Crippen LogP contribution in [0, 0.1) is 0 Å². The Morgan fingerprint density at radius 2 is 1.88 bits per heavy atom. The summed E-state index contributed by atoms with van der Waals surface area (Å²) < 4.78 is 10.6. The van der Waals surface area contributed by atoms with Crippen molar-refractivity contribution in [3.63, 3.8) is 0 Å². The number of hydrogen-bond donors (Lipinski definition) is 1. The Morgan fingerprint density at radius 1 is 1.25 bits per heavy atom. The van der Waals surface area contributed by atoms with Crippen LogP contribution in [0.3, 0.4) is 0 Å². The van der Waals surface area contributed by atoms with Gasteiger partial charge in [0.15, 0.2) is 0 Å². The molecule has 4 heteroatoms. The molecule has 0 aliphatic carbocycles. The lowest BCUT2D eigenvalue weighted by Crippen LogP contribution is -2.49. The fourth-order valence-electron chi connectivity index (χ4n) is 2.01. The van der Waals surface area contributed by atoms with Crippen molar-refractivity contribution in [1.29, 1.82) is 0 Å². The molecule has 1 fully saturated rings. The molecule has 1 heterocycles. The standard InChI is InChI=1S/C12H26N2O2/c1-10(13-11(2)12(3)15-4)9-14-5-7-16-8-6-14/h10-13H,5-9H2,1-4H3. The lowest BCUT2D eigenvalue weighted by atomic mass is 10.1. The largest absolute Gasteiger partial charge is 0.380 e. The van der Waals surface area contributed by atoms with Crippen molar-refractivity contribution in [1.82, 2.24) is 10.2 Å². The highest BCUT2D eigenvalue weighted by Gasteiger charge is 2.17. The molecule has 0 spiro atoms. The predicted octanol–water partition coefficient (Wildman–Crippen LogP) is 0.720. The van der Waals surface area contributed by atoms with Crippen molar-refractivity contribution in [3.05, 3.63) is 0 Å². The average Bonchev–Trinajstić information content (AvgIpc) is 2.29. The SMILES string of the molecule is COC(C)C(C)NC(C)CN1CCOCC1. The van der Waals surface area contributed by atoms with Crippen molar-refractivity contribution >= 4 is 0 Å². The van der Waals surface area contributed by atoms with Gasteiger partial charge in [-0.15, -0.1) is 0 Å². The number of morpholine rings is 1. The van der Waals surface area contributed by atoms with Gasteiger partial charge in [0, 0.05) is 38.8 Å². The summed E-state index contributed by atoms with van der Waals surface area (Å²) in [5.41, 5.74) is 0. The van der Waals surface area contributed by atoms with Gasteiger partial charge in [0.2, 0.25) is 0 Å². The average molecular weight is 230 g/mol. The topological polar surface area (TPSA) is 33.7 Å². The number of hydrogen-bond acceptors (Lipinski definition) is 4. The highest BCUT2D eigenvalue weighted by molar-refractivity contribution is 4.76. The molecule has 1 N–H and O–H groups in total. The van der Waals surface area contributed by atoms with Gasteiger partial charge in [0.25, 0.3) is 0 Å². The van der Waals surface area contributed by atoms with Gasteiger partial charge in [-0.1, -0.05) is 0 Å². The van der Waals surface area contributed by atoms with Crippen LogP contribution < -0.4 is 5.32 Å². The fraction of sp³-hybridized carbons (Fsp3) is 1.00. The van der Waals surface area contributed by atoms with E-state index in [4.69, 9.17) is 9.47 Å². The Kier molecular flexibility index (Phi) is 6.28. The van der Waals surface area contributed by atoms with Crippen molar-refractivity contribution in [2.75, 3.05) is 40.0 Å². The molecular weight excluding hydrogens is 204 g/mol. The Balaban J connectivity index is 2.20. The highest BCUT2D eigenvalue weighted by Crippen LogP contribution is 2.02. The summed E-state index contributed by atoms with van der Waals surface area (Å²) in [5, 5.41) is 3.57. The molecule has 0 radical (unpaired) electrons. The molecule has 0 aromatic heterocycles. The number of nitrogens with zero attached hydrogens (tertiary/aromatic N) is 1. The first-order chi connectivity index (χ1) is 7.63. The van der Waals surface area contributed by atoms with Crippen LogP contribution in [0.15, 0.2) is 0 Å². The van der Waals surface area contributed by atoms with Crippen LogP contribution in [0.4, 0.5) is 0 Å². The van der Waals surface area contributed by atoms with Gasteiger partial charge >= 0.3 is 0 Å². The van der Waals surface area contributed by atoms with Gasteiger partial charge in [-0.05, 0) is 20.8 Å². The van der Waals surface area contributed by atoms with Crippen LogP contribution in [0.25, 0.3) is 0 Å². The van der Waals surface area contributed by atoms with Crippen LogP contribution in [0.2, 0.25) is 0 Å². The lowest BCUT2D eigenvalue weighted by molar-refractivity contribution is 0.0311. The molecule has 3 unspecified atom stereocenters. The molecule has 0 saturated carbocycles. The quantitative estimate of drug-likeness (QED) is 0.729. The summed E-state index contributed by atoms with van der Waals surface area (Å²) in [7, 11) is 1.76. The molecule has 4 nitrogen and oxygen atoms in total. The smallest absolute Gasteiger partial charge is 0.0693 e. The maximum atomic E-state index is 5.34. The summed E-state index contributed by atoms with van der Waals surface area (Å²) in [4.78, 5) is 2.45. The third kappa shape index (κ3) is 4.78. The summed E-state index contributed by atoms with van der Waals surface area (Å²) >= 11 is 0. The summed E-state index contributed by atoms with van der Waals surface area (Å²) in [5.74, 6) is 0. The Morgan fingerprint density at radius 3 is 2.44 bits per heavy atom. The minimum atomic E-state index is 0.257. The lowest BCUT2D eigenvalue weighted by Gasteiger charge is -2.31. The van der Waals surface area contributed by atoms with Gasteiger partial charge < -0.3 is 14.8 Å². The van der Waals surface area contributed by atoms with Gasteiger partial charge in [0.1, 0.15) is 0 Å². The fourth-order valence-corrected chi connectivity index (χ4v) is 2.01. The van der Waals surface area contributed by atoms with E-state index in [0.717, 1.165) is 32.8 Å². The van der Waals surface area contributed by atoms with Crippen molar-refractivity contribution < 1.29 is 9.47 Å². The second kappa shape index (κ2) is 7.22. The van der Waals surface area contributed by atoms with E-state index in [9.17, 15) is 0 Å². The molecule has 1 saturated heterocycles. The third-order valence-electron chi connectivity index (χ3n) is 3.26. The van der Waals surface area contributed by atoms with E-state index in [1.165, 1.54) is 0 Å².